The Bertz CT molecular complexity index is 437. The molecule has 0 amide bonds. The molecule has 0 bridgehead atoms. The minimum atomic E-state index is 0.520. The minimum Gasteiger partial charge on any atom is -0.398 e. The van der Waals surface area contributed by atoms with E-state index in [1.165, 1.54) is 37.7 Å². The summed E-state index contributed by atoms with van der Waals surface area (Å²) >= 11 is 5.95. The molecule has 0 atom stereocenters. The summed E-state index contributed by atoms with van der Waals surface area (Å²) in [6.07, 6.45) is 6.87. The summed E-state index contributed by atoms with van der Waals surface area (Å²) in [4.78, 5) is 0. The highest BCUT2D eigenvalue weighted by molar-refractivity contribution is 6.33. The van der Waals surface area contributed by atoms with Gasteiger partial charge in [0, 0.05) is 13.1 Å². The Morgan fingerprint density at radius 2 is 2.00 bits per heavy atom. The maximum absolute atomic E-state index is 5.95. The second-order valence-corrected chi connectivity index (χ2v) is 7.17. The van der Waals surface area contributed by atoms with Crippen molar-refractivity contribution in [1.29, 1.82) is 0 Å². The van der Waals surface area contributed by atoms with Crippen LogP contribution in [0, 0.1) is 11.3 Å². The van der Waals surface area contributed by atoms with Gasteiger partial charge in [0.15, 0.2) is 0 Å². The molecular weight excluding hydrogens is 268 g/mol. The predicted octanol–water partition coefficient (Wildman–Crippen LogP) is 4.62. The van der Waals surface area contributed by atoms with Gasteiger partial charge in [0.25, 0.3) is 0 Å². The molecular formula is C17H27ClN2. The zero-order valence-electron chi connectivity index (χ0n) is 12.7. The summed E-state index contributed by atoms with van der Waals surface area (Å²) in [6.45, 7) is 6.66. The van der Waals surface area contributed by atoms with Crippen molar-refractivity contribution in [2.45, 2.75) is 52.5 Å². The van der Waals surface area contributed by atoms with E-state index < -0.39 is 0 Å². The smallest absolute Gasteiger partial charge is 0.0635 e. The lowest BCUT2D eigenvalue weighted by Crippen LogP contribution is -2.33. The van der Waals surface area contributed by atoms with Crippen LogP contribution in [0.4, 0.5) is 5.69 Å². The standard InChI is InChI=1S/C17H27ClN2/c1-13(2)10-17(7-3-4-8-17)12-20-11-14-5-6-15(18)16(19)9-14/h5-6,9,13,20H,3-4,7-8,10-12,19H2,1-2H3. The number of anilines is 1. The van der Waals surface area contributed by atoms with E-state index in [9.17, 15) is 0 Å². The quantitative estimate of drug-likeness (QED) is 0.751. The number of halogens is 1. The second-order valence-electron chi connectivity index (χ2n) is 6.76. The highest BCUT2D eigenvalue weighted by Crippen LogP contribution is 2.42. The van der Waals surface area contributed by atoms with Crippen LogP contribution in [0.3, 0.4) is 0 Å². The van der Waals surface area contributed by atoms with Gasteiger partial charge in [0.05, 0.1) is 10.7 Å². The van der Waals surface area contributed by atoms with E-state index in [1.807, 2.05) is 12.1 Å². The first-order chi connectivity index (χ1) is 9.51. The number of hydrogen-bond acceptors (Lipinski definition) is 2. The molecule has 20 heavy (non-hydrogen) atoms. The highest BCUT2D eigenvalue weighted by atomic mass is 35.5. The van der Waals surface area contributed by atoms with Gasteiger partial charge < -0.3 is 11.1 Å². The van der Waals surface area contributed by atoms with Crippen LogP contribution < -0.4 is 11.1 Å². The number of nitrogens with one attached hydrogen (secondary N) is 1. The zero-order chi connectivity index (χ0) is 14.6. The van der Waals surface area contributed by atoms with Crippen LogP contribution in [-0.4, -0.2) is 6.54 Å². The second kappa shape index (κ2) is 6.82. The monoisotopic (exact) mass is 294 g/mol. The lowest BCUT2D eigenvalue weighted by atomic mass is 9.78. The van der Waals surface area contributed by atoms with E-state index in [0.29, 0.717) is 16.1 Å². The predicted molar refractivity (Wildman–Crippen MR) is 87.9 cm³/mol. The molecule has 0 saturated heterocycles. The summed E-state index contributed by atoms with van der Waals surface area (Å²) < 4.78 is 0. The molecule has 1 aromatic carbocycles. The third kappa shape index (κ3) is 4.13. The fraction of sp³-hybridized carbons (Fsp3) is 0.647. The number of rotatable bonds is 6. The zero-order valence-corrected chi connectivity index (χ0v) is 13.5. The number of nitrogen functional groups attached to an aromatic ring is 1. The third-order valence-corrected chi connectivity index (χ3v) is 4.74. The first-order valence-corrected chi connectivity index (χ1v) is 8.13. The van der Waals surface area contributed by atoms with E-state index in [4.69, 9.17) is 17.3 Å². The van der Waals surface area contributed by atoms with Crippen LogP contribution in [-0.2, 0) is 6.54 Å². The fourth-order valence-electron chi connectivity index (χ4n) is 3.62. The molecule has 0 radical (unpaired) electrons. The van der Waals surface area contributed by atoms with Gasteiger partial charge in [-0.05, 0) is 48.3 Å². The number of nitrogens with two attached hydrogens (primary N) is 1. The van der Waals surface area contributed by atoms with Gasteiger partial charge >= 0.3 is 0 Å². The van der Waals surface area contributed by atoms with Gasteiger partial charge in [-0.2, -0.15) is 0 Å². The van der Waals surface area contributed by atoms with Crippen molar-refractivity contribution in [3.05, 3.63) is 28.8 Å². The molecule has 0 aliphatic heterocycles. The topological polar surface area (TPSA) is 38.0 Å². The molecule has 112 valence electrons. The van der Waals surface area contributed by atoms with E-state index >= 15 is 0 Å². The minimum absolute atomic E-state index is 0.520. The van der Waals surface area contributed by atoms with E-state index in [1.54, 1.807) is 0 Å². The third-order valence-electron chi connectivity index (χ3n) is 4.40. The Morgan fingerprint density at radius 1 is 1.30 bits per heavy atom. The van der Waals surface area contributed by atoms with Crippen molar-refractivity contribution in [3.63, 3.8) is 0 Å². The Kier molecular flexibility index (Phi) is 5.34. The van der Waals surface area contributed by atoms with Crippen molar-refractivity contribution >= 4 is 17.3 Å². The largest absolute Gasteiger partial charge is 0.398 e. The summed E-state index contributed by atoms with van der Waals surface area (Å²) in [6, 6.07) is 5.90. The van der Waals surface area contributed by atoms with Crippen LogP contribution in [0.1, 0.15) is 51.5 Å². The molecule has 0 unspecified atom stereocenters. The Labute approximate surface area is 128 Å². The molecule has 2 nitrogen and oxygen atoms in total. The summed E-state index contributed by atoms with van der Waals surface area (Å²) in [5, 5.41) is 4.28. The normalized spacial score (nSPS) is 17.8. The van der Waals surface area contributed by atoms with Crippen molar-refractivity contribution < 1.29 is 0 Å². The lowest BCUT2D eigenvalue weighted by molar-refractivity contribution is 0.223. The van der Waals surface area contributed by atoms with Crippen molar-refractivity contribution in [3.8, 4) is 0 Å². The molecule has 1 fully saturated rings. The van der Waals surface area contributed by atoms with Gasteiger partial charge in [0.2, 0.25) is 0 Å². The first-order valence-electron chi connectivity index (χ1n) is 7.75. The molecule has 1 aliphatic rings. The first kappa shape index (κ1) is 15.7. The molecule has 0 heterocycles. The molecule has 0 aromatic heterocycles. The molecule has 3 N–H and O–H groups in total. The van der Waals surface area contributed by atoms with Crippen LogP contribution in [0.15, 0.2) is 18.2 Å². The van der Waals surface area contributed by atoms with Gasteiger partial charge in [-0.25, -0.2) is 0 Å². The fourth-order valence-corrected chi connectivity index (χ4v) is 3.74. The molecule has 1 saturated carbocycles. The highest BCUT2D eigenvalue weighted by Gasteiger charge is 2.33. The summed E-state index contributed by atoms with van der Waals surface area (Å²) in [5.74, 6) is 0.779. The van der Waals surface area contributed by atoms with E-state index in [2.05, 4.69) is 25.2 Å². The lowest BCUT2D eigenvalue weighted by Gasteiger charge is -2.31. The molecule has 0 spiro atoms. The maximum Gasteiger partial charge on any atom is 0.0635 e. The van der Waals surface area contributed by atoms with E-state index in [-0.39, 0.29) is 0 Å². The van der Waals surface area contributed by atoms with Crippen LogP contribution in [0.2, 0.25) is 5.02 Å². The van der Waals surface area contributed by atoms with Gasteiger partial charge in [0.1, 0.15) is 0 Å². The average Bonchev–Trinajstić information content (AvgIpc) is 2.81. The van der Waals surface area contributed by atoms with Gasteiger partial charge in [-0.3, -0.25) is 0 Å². The van der Waals surface area contributed by atoms with Crippen LogP contribution in [0.25, 0.3) is 0 Å². The summed E-state index contributed by atoms with van der Waals surface area (Å²) in [5.41, 5.74) is 8.25. The van der Waals surface area contributed by atoms with Crippen LogP contribution >= 0.6 is 11.6 Å². The van der Waals surface area contributed by atoms with Crippen LogP contribution in [0.5, 0.6) is 0 Å². The Hall–Kier alpha value is -0.730. The van der Waals surface area contributed by atoms with Crippen molar-refractivity contribution in [1.82, 2.24) is 5.32 Å². The van der Waals surface area contributed by atoms with Gasteiger partial charge in [-0.15, -0.1) is 0 Å². The van der Waals surface area contributed by atoms with Crippen molar-refractivity contribution in [2.75, 3.05) is 12.3 Å². The Morgan fingerprint density at radius 3 is 2.60 bits per heavy atom. The number of benzene rings is 1. The maximum atomic E-state index is 5.95. The average molecular weight is 295 g/mol. The van der Waals surface area contributed by atoms with Gasteiger partial charge in [-0.1, -0.05) is 44.4 Å². The Balaban J connectivity index is 1.88. The summed E-state index contributed by atoms with van der Waals surface area (Å²) in [7, 11) is 0. The number of hydrogen-bond donors (Lipinski definition) is 2. The SMILES string of the molecule is CC(C)CC1(CNCc2ccc(Cl)c(N)c2)CCCC1. The molecule has 1 aliphatic carbocycles. The van der Waals surface area contributed by atoms with Crippen molar-refractivity contribution in [2.24, 2.45) is 11.3 Å². The molecule has 2 rings (SSSR count). The molecule has 1 aromatic rings. The van der Waals surface area contributed by atoms with E-state index in [0.717, 1.165) is 19.0 Å². The molecule has 3 heteroatoms.